The summed E-state index contributed by atoms with van der Waals surface area (Å²) in [6.45, 7) is 3.28. The van der Waals surface area contributed by atoms with Crippen molar-refractivity contribution in [3.8, 4) is 0 Å². The van der Waals surface area contributed by atoms with E-state index in [-0.39, 0.29) is 6.61 Å². The fourth-order valence-corrected chi connectivity index (χ4v) is 1.39. The Morgan fingerprint density at radius 2 is 2.23 bits per heavy atom. The van der Waals surface area contributed by atoms with Gasteiger partial charge in [0.1, 0.15) is 0 Å². The molecule has 3 nitrogen and oxygen atoms in total. The molecular weight excluding hydrogens is 164 g/mol. The normalized spacial score (nSPS) is 10.6. The molecule has 1 aromatic heterocycles. The standard InChI is InChI=1S/C10H18N2O/c1-2-3-4-5-6-12-9-11-7-10(12)8-13/h7,9,13H,2-6,8H2,1H3. The van der Waals surface area contributed by atoms with Crippen LogP contribution in [-0.4, -0.2) is 14.7 Å². The van der Waals surface area contributed by atoms with Crippen molar-refractivity contribution in [2.45, 2.75) is 45.8 Å². The molecule has 0 aliphatic carbocycles. The second kappa shape index (κ2) is 5.75. The van der Waals surface area contributed by atoms with Crippen molar-refractivity contribution in [1.82, 2.24) is 9.55 Å². The average Bonchev–Trinajstić information content (AvgIpc) is 2.60. The molecule has 1 heterocycles. The van der Waals surface area contributed by atoms with E-state index in [0.717, 1.165) is 12.2 Å². The molecule has 74 valence electrons. The lowest BCUT2D eigenvalue weighted by Gasteiger charge is -2.04. The van der Waals surface area contributed by atoms with Crippen molar-refractivity contribution in [2.24, 2.45) is 0 Å². The van der Waals surface area contributed by atoms with Gasteiger partial charge in [-0.25, -0.2) is 4.98 Å². The maximum Gasteiger partial charge on any atom is 0.0948 e. The van der Waals surface area contributed by atoms with Gasteiger partial charge < -0.3 is 9.67 Å². The van der Waals surface area contributed by atoms with Crippen LogP contribution < -0.4 is 0 Å². The summed E-state index contributed by atoms with van der Waals surface area (Å²) in [5, 5.41) is 8.95. The number of aryl methyl sites for hydroxylation is 1. The van der Waals surface area contributed by atoms with E-state index in [1.807, 2.05) is 4.57 Å². The third kappa shape index (κ3) is 3.19. The second-order valence-corrected chi connectivity index (χ2v) is 3.30. The smallest absolute Gasteiger partial charge is 0.0948 e. The molecule has 0 spiro atoms. The van der Waals surface area contributed by atoms with E-state index in [1.165, 1.54) is 25.7 Å². The summed E-state index contributed by atoms with van der Waals surface area (Å²) in [5.74, 6) is 0. The van der Waals surface area contributed by atoms with Gasteiger partial charge in [-0.2, -0.15) is 0 Å². The number of aliphatic hydroxyl groups excluding tert-OH is 1. The average molecular weight is 182 g/mol. The Morgan fingerprint density at radius 1 is 1.38 bits per heavy atom. The SMILES string of the molecule is CCCCCCn1cncc1CO. The molecule has 0 unspecified atom stereocenters. The molecule has 0 amide bonds. The Balaban J connectivity index is 2.27. The third-order valence-corrected chi connectivity index (χ3v) is 2.21. The van der Waals surface area contributed by atoms with Gasteiger partial charge in [0.15, 0.2) is 0 Å². The third-order valence-electron chi connectivity index (χ3n) is 2.21. The van der Waals surface area contributed by atoms with Crippen molar-refractivity contribution < 1.29 is 5.11 Å². The maximum atomic E-state index is 8.95. The topological polar surface area (TPSA) is 38.0 Å². The van der Waals surface area contributed by atoms with Gasteiger partial charge in [-0.05, 0) is 6.42 Å². The largest absolute Gasteiger partial charge is 0.390 e. The molecule has 0 aromatic carbocycles. The quantitative estimate of drug-likeness (QED) is 0.683. The highest BCUT2D eigenvalue weighted by molar-refractivity contribution is 4.95. The van der Waals surface area contributed by atoms with E-state index in [1.54, 1.807) is 12.5 Å². The number of rotatable bonds is 6. The Hall–Kier alpha value is -0.830. The van der Waals surface area contributed by atoms with E-state index in [4.69, 9.17) is 5.11 Å². The summed E-state index contributed by atoms with van der Waals surface area (Å²) in [7, 11) is 0. The van der Waals surface area contributed by atoms with Crippen molar-refractivity contribution in [3.63, 3.8) is 0 Å². The minimum atomic E-state index is 0.0910. The van der Waals surface area contributed by atoms with Gasteiger partial charge in [-0.1, -0.05) is 26.2 Å². The van der Waals surface area contributed by atoms with E-state index in [9.17, 15) is 0 Å². The van der Waals surface area contributed by atoms with Crippen LogP contribution in [0.15, 0.2) is 12.5 Å². The molecule has 1 N–H and O–H groups in total. The van der Waals surface area contributed by atoms with Gasteiger partial charge in [0, 0.05) is 6.54 Å². The highest BCUT2D eigenvalue weighted by Crippen LogP contribution is 2.04. The number of nitrogens with zero attached hydrogens (tertiary/aromatic N) is 2. The number of unbranched alkanes of at least 4 members (excludes halogenated alkanes) is 3. The molecule has 0 saturated heterocycles. The summed E-state index contributed by atoms with van der Waals surface area (Å²) < 4.78 is 2.02. The van der Waals surface area contributed by atoms with E-state index in [0.29, 0.717) is 0 Å². The van der Waals surface area contributed by atoms with Gasteiger partial charge >= 0.3 is 0 Å². The van der Waals surface area contributed by atoms with Gasteiger partial charge in [0.05, 0.1) is 24.8 Å². The predicted molar refractivity (Wildman–Crippen MR) is 52.3 cm³/mol. The number of hydrogen-bond donors (Lipinski definition) is 1. The number of imidazole rings is 1. The molecule has 1 aromatic rings. The summed E-state index contributed by atoms with van der Waals surface area (Å²) in [4.78, 5) is 3.99. The lowest BCUT2D eigenvalue weighted by Crippen LogP contribution is -2.01. The highest BCUT2D eigenvalue weighted by Gasteiger charge is 1.98. The minimum Gasteiger partial charge on any atom is -0.390 e. The summed E-state index contributed by atoms with van der Waals surface area (Å²) in [6, 6.07) is 0. The zero-order chi connectivity index (χ0) is 9.52. The van der Waals surface area contributed by atoms with Crippen molar-refractivity contribution in [2.75, 3.05) is 0 Å². The molecule has 13 heavy (non-hydrogen) atoms. The molecule has 0 aliphatic heterocycles. The lowest BCUT2D eigenvalue weighted by atomic mass is 10.2. The van der Waals surface area contributed by atoms with Crippen molar-refractivity contribution >= 4 is 0 Å². The molecule has 0 aliphatic rings. The zero-order valence-electron chi connectivity index (χ0n) is 8.24. The van der Waals surface area contributed by atoms with E-state index < -0.39 is 0 Å². The Kier molecular flexibility index (Phi) is 4.54. The monoisotopic (exact) mass is 182 g/mol. The number of aliphatic hydroxyl groups is 1. The van der Waals surface area contributed by atoms with Crippen LogP contribution in [0.3, 0.4) is 0 Å². The van der Waals surface area contributed by atoms with Crippen LogP contribution >= 0.6 is 0 Å². The van der Waals surface area contributed by atoms with Crippen LogP contribution in [0, 0.1) is 0 Å². The van der Waals surface area contributed by atoms with Gasteiger partial charge in [0.2, 0.25) is 0 Å². The Bertz CT molecular complexity index is 233. The molecule has 1 rings (SSSR count). The van der Waals surface area contributed by atoms with Crippen LogP contribution in [-0.2, 0) is 13.2 Å². The molecule has 0 saturated carbocycles. The van der Waals surface area contributed by atoms with Crippen molar-refractivity contribution in [3.05, 3.63) is 18.2 Å². The molecule has 0 radical (unpaired) electrons. The number of aromatic nitrogens is 2. The first-order valence-electron chi connectivity index (χ1n) is 4.98. The zero-order valence-corrected chi connectivity index (χ0v) is 8.24. The predicted octanol–water partition coefficient (Wildman–Crippen LogP) is 1.96. The summed E-state index contributed by atoms with van der Waals surface area (Å²) in [5.41, 5.74) is 0.913. The van der Waals surface area contributed by atoms with Crippen LogP contribution in [0.25, 0.3) is 0 Å². The lowest BCUT2D eigenvalue weighted by molar-refractivity contribution is 0.270. The van der Waals surface area contributed by atoms with Crippen LogP contribution in [0.1, 0.15) is 38.3 Å². The Labute approximate surface area is 79.4 Å². The fraction of sp³-hybridized carbons (Fsp3) is 0.700. The Morgan fingerprint density at radius 3 is 2.92 bits per heavy atom. The van der Waals surface area contributed by atoms with Crippen LogP contribution in [0.2, 0.25) is 0 Å². The molecule has 3 heteroatoms. The fourth-order valence-electron chi connectivity index (χ4n) is 1.39. The molecular formula is C10H18N2O. The first kappa shape index (κ1) is 10.3. The van der Waals surface area contributed by atoms with Gasteiger partial charge in [-0.3, -0.25) is 0 Å². The van der Waals surface area contributed by atoms with Crippen molar-refractivity contribution in [1.29, 1.82) is 0 Å². The summed E-state index contributed by atoms with van der Waals surface area (Å²) >= 11 is 0. The first-order chi connectivity index (χ1) is 6.38. The molecule has 0 fully saturated rings. The second-order valence-electron chi connectivity index (χ2n) is 3.30. The van der Waals surface area contributed by atoms with Crippen LogP contribution in [0.5, 0.6) is 0 Å². The first-order valence-corrected chi connectivity index (χ1v) is 4.98. The molecule has 0 bridgehead atoms. The maximum absolute atomic E-state index is 8.95. The number of hydrogen-bond acceptors (Lipinski definition) is 2. The molecule has 0 atom stereocenters. The van der Waals surface area contributed by atoms with Crippen LogP contribution in [0.4, 0.5) is 0 Å². The van der Waals surface area contributed by atoms with E-state index >= 15 is 0 Å². The van der Waals surface area contributed by atoms with Gasteiger partial charge in [0.25, 0.3) is 0 Å². The summed E-state index contributed by atoms with van der Waals surface area (Å²) in [6.07, 6.45) is 8.51. The van der Waals surface area contributed by atoms with E-state index in [2.05, 4.69) is 11.9 Å². The highest BCUT2D eigenvalue weighted by atomic mass is 16.3. The van der Waals surface area contributed by atoms with Gasteiger partial charge in [-0.15, -0.1) is 0 Å². The minimum absolute atomic E-state index is 0.0910.